The summed E-state index contributed by atoms with van der Waals surface area (Å²) in [6.45, 7) is 9.81. The van der Waals surface area contributed by atoms with Crippen molar-refractivity contribution in [3.05, 3.63) is 6.73 Å². The van der Waals surface area contributed by atoms with Gasteiger partial charge in [-0.1, -0.05) is 27.7 Å². The molecule has 2 nitrogen and oxygen atoms in total. The van der Waals surface area contributed by atoms with Gasteiger partial charge in [-0.3, -0.25) is 0 Å². The Kier molecular flexibility index (Phi) is 4.65. The molecule has 0 unspecified atom stereocenters. The zero-order chi connectivity index (χ0) is 8.15. The van der Waals surface area contributed by atoms with Crippen LogP contribution in [0.1, 0.15) is 27.7 Å². The third-order valence-electron chi connectivity index (χ3n) is 1.55. The molecule has 0 aromatic carbocycles. The van der Waals surface area contributed by atoms with E-state index in [0.29, 0.717) is 11.8 Å². The molecule has 0 amide bonds. The van der Waals surface area contributed by atoms with E-state index in [4.69, 9.17) is 10.5 Å². The van der Waals surface area contributed by atoms with Crippen LogP contribution in [0, 0.1) is 18.6 Å². The van der Waals surface area contributed by atoms with Crippen molar-refractivity contribution < 1.29 is 4.74 Å². The summed E-state index contributed by atoms with van der Waals surface area (Å²) < 4.78 is 5.22. The van der Waals surface area contributed by atoms with E-state index in [1.807, 2.05) is 0 Å². The first kappa shape index (κ1) is 9.92. The summed E-state index contributed by atoms with van der Waals surface area (Å²) in [7, 11) is 0. The van der Waals surface area contributed by atoms with Gasteiger partial charge in [0.2, 0.25) is 0 Å². The molecule has 0 aromatic rings. The second-order valence-electron chi connectivity index (χ2n) is 3.22. The van der Waals surface area contributed by atoms with Crippen molar-refractivity contribution in [2.24, 2.45) is 17.6 Å². The summed E-state index contributed by atoms with van der Waals surface area (Å²) in [5, 5.41) is 0. The van der Waals surface area contributed by atoms with Gasteiger partial charge in [0.15, 0.2) is 0 Å². The molecule has 0 rings (SSSR count). The summed E-state index contributed by atoms with van der Waals surface area (Å²) in [5.41, 5.74) is 5.16. The molecule has 0 bridgehead atoms. The van der Waals surface area contributed by atoms with Crippen molar-refractivity contribution in [3.8, 4) is 0 Å². The lowest BCUT2D eigenvalue weighted by Crippen LogP contribution is -2.26. The third kappa shape index (κ3) is 3.18. The lowest BCUT2D eigenvalue weighted by atomic mass is 9.96. The van der Waals surface area contributed by atoms with E-state index in [1.165, 1.54) is 6.73 Å². The summed E-state index contributed by atoms with van der Waals surface area (Å²) in [5.74, 6) is 1.06. The molecule has 0 spiro atoms. The van der Waals surface area contributed by atoms with E-state index in [-0.39, 0.29) is 6.10 Å². The maximum absolute atomic E-state index is 5.22. The lowest BCUT2D eigenvalue weighted by molar-refractivity contribution is 0.0319. The Morgan fingerprint density at radius 2 is 1.50 bits per heavy atom. The number of nitrogens with two attached hydrogens (primary N) is 1. The molecule has 0 aromatic heterocycles. The average molecular weight is 144 g/mol. The monoisotopic (exact) mass is 144 g/mol. The van der Waals surface area contributed by atoms with Gasteiger partial charge >= 0.3 is 0 Å². The van der Waals surface area contributed by atoms with Crippen LogP contribution in [0.3, 0.4) is 0 Å². The first-order valence-electron chi connectivity index (χ1n) is 3.78. The molecule has 0 saturated heterocycles. The quantitative estimate of drug-likeness (QED) is 0.652. The maximum atomic E-state index is 5.22. The highest BCUT2D eigenvalue weighted by Crippen LogP contribution is 2.15. The molecule has 0 aliphatic heterocycles. The van der Waals surface area contributed by atoms with E-state index in [9.17, 15) is 0 Å². The Morgan fingerprint density at radius 1 is 1.10 bits per heavy atom. The number of hydrogen-bond acceptors (Lipinski definition) is 2. The van der Waals surface area contributed by atoms with Gasteiger partial charge in [0.05, 0.1) is 6.10 Å². The molecular weight excluding hydrogens is 126 g/mol. The van der Waals surface area contributed by atoms with Gasteiger partial charge in [0.25, 0.3) is 0 Å². The SMILES string of the molecule is CC(C)C(O[CH]N)C(C)C. The standard InChI is InChI=1S/C8H18NO/c1-6(2)8(7(3)4)10-5-9/h5-8H,9H2,1-4H3. The minimum atomic E-state index is 0.255. The largest absolute Gasteiger partial charge is 0.356 e. The Morgan fingerprint density at radius 3 is 1.60 bits per heavy atom. The Hall–Kier alpha value is -0.0800. The molecule has 2 N–H and O–H groups in total. The van der Waals surface area contributed by atoms with Crippen LogP contribution >= 0.6 is 0 Å². The molecule has 2 heteroatoms. The maximum Gasteiger partial charge on any atom is 0.145 e. The fraction of sp³-hybridized carbons (Fsp3) is 0.875. The molecule has 0 heterocycles. The van der Waals surface area contributed by atoms with Crippen molar-refractivity contribution in [2.45, 2.75) is 33.8 Å². The van der Waals surface area contributed by atoms with Crippen molar-refractivity contribution >= 4 is 0 Å². The van der Waals surface area contributed by atoms with Crippen molar-refractivity contribution in [2.75, 3.05) is 0 Å². The average Bonchev–Trinajstić information content (AvgIpc) is 1.81. The summed E-state index contributed by atoms with van der Waals surface area (Å²) in [6, 6.07) is 0. The number of rotatable bonds is 4. The predicted molar refractivity (Wildman–Crippen MR) is 43.0 cm³/mol. The van der Waals surface area contributed by atoms with Gasteiger partial charge in [-0.25, -0.2) is 0 Å². The van der Waals surface area contributed by atoms with Crippen molar-refractivity contribution in [1.82, 2.24) is 0 Å². The Balaban J connectivity index is 3.73. The van der Waals surface area contributed by atoms with Gasteiger partial charge < -0.3 is 10.5 Å². The van der Waals surface area contributed by atoms with Gasteiger partial charge in [-0.2, -0.15) is 0 Å². The first-order chi connectivity index (χ1) is 4.59. The van der Waals surface area contributed by atoms with Gasteiger partial charge in [0, 0.05) is 0 Å². The van der Waals surface area contributed by atoms with Crippen LogP contribution in [0.5, 0.6) is 0 Å². The van der Waals surface area contributed by atoms with Crippen molar-refractivity contribution in [3.63, 3.8) is 0 Å². The van der Waals surface area contributed by atoms with Crippen LogP contribution in [0.25, 0.3) is 0 Å². The molecule has 1 radical (unpaired) electrons. The summed E-state index contributed by atoms with van der Waals surface area (Å²) in [6.07, 6.45) is 0.255. The molecule has 0 saturated carbocycles. The van der Waals surface area contributed by atoms with E-state index < -0.39 is 0 Å². The minimum Gasteiger partial charge on any atom is -0.356 e. The van der Waals surface area contributed by atoms with Crippen LogP contribution < -0.4 is 5.73 Å². The van der Waals surface area contributed by atoms with Gasteiger partial charge in [0.1, 0.15) is 6.73 Å². The van der Waals surface area contributed by atoms with E-state index >= 15 is 0 Å². The van der Waals surface area contributed by atoms with Gasteiger partial charge in [-0.15, -0.1) is 0 Å². The number of ether oxygens (including phenoxy) is 1. The van der Waals surface area contributed by atoms with Crippen LogP contribution in [0.4, 0.5) is 0 Å². The number of hydrogen-bond donors (Lipinski definition) is 1. The molecule has 0 aliphatic carbocycles. The van der Waals surface area contributed by atoms with Crippen molar-refractivity contribution in [1.29, 1.82) is 0 Å². The smallest absolute Gasteiger partial charge is 0.145 e. The predicted octanol–water partition coefficient (Wildman–Crippen LogP) is 1.76. The van der Waals surface area contributed by atoms with Crippen LogP contribution in [-0.4, -0.2) is 6.10 Å². The normalized spacial score (nSPS) is 12.0. The Bertz CT molecular complexity index is 73.3. The topological polar surface area (TPSA) is 35.2 Å². The fourth-order valence-electron chi connectivity index (χ4n) is 1.17. The highest BCUT2D eigenvalue weighted by atomic mass is 16.5. The zero-order valence-corrected chi connectivity index (χ0v) is 7.29. The van der Waals surface area contributed by atoms with Crippen LogP contribution in [0.15, 0.2) is 0 Å². The Labute approximate surface area is 63.7 Å². The first-order valence-corrected chi connectivity index (χ1v) is 3.78. The highest BCUT2D eigenvalue weighted by molar-refractivity contribution is 4.66. The van der Waals surface area contributed by atoms with Gasteiger partial charge in [-0.05, 0) is 11.8 Å². The highest BCUT2D eigenvalue weighted by Gasteiger charge is 2.16. The minimum absolute atomic E-state index is 0.255. The molecule has 0 atom stereocenters. The van der Waals surface area contributed by atoms with Crippen LogP contribution in [0.2, 0.25) is 0 Å². The summed E-state index contributed by atoms with van der Waals surface area (Å²) >= 11 is 0. The third-order valence-corrected chi connectivity index (χ3v) is 1.55. The second-order valence-corrected chi connectivity index (χ2v) is 3.22. The van der Waals surface area contributed by atoms with E-state index in [0.717, 1.165) is 0 Å². The second kappa shape index (κ2) is 4.69. The molecular formula is C8H18NO. The molecule has 0 aliphatic rings. The molecule has 10 heavy (non-hydrogen) atoms. The van der Waals surface area contributed by atoms with E-state index in [1.54, 1.807) is 0 Å². The molecule has 61 valence electrons. The summed E-state index contributed by atoms with van der Waals surface area (Å²) in [4.78, 5) is 0. The fourth-order valence-corrected chi connectivity index (χ4v) is 1.17. The molecule has 0 fully saturated rings. The van der Waals surface area contributed by atoms with Crippen LogP contribution in [-0.2, 0) is 4.74 Å². The van der Waals surface area contributed by atoms with E-state index in [2.05, 4.69) is 27.7 Å². The lowest BCUT2D eigenvalue weighted by Gasteiger charge is -2.23. The zero-order valence-electron chi connectivity index (χ0n) is 7.29.